The largest absolute Gasteiger partial charge is 0.306 e. The molecule has 18 heavy (non-hydrogen) atoms. The summed E-state index contributed by atoms with van der Waals surface area (Å²) in [6, 6.07) is 2.81. The topological polar surface area (TPSA) is 40.7 Å². The summed E-state index contributed by atoms with van der Waals surface area (Å²) in [7, 11) is 0. The Hall–Kier alpha value is -1.13. The molecule has 2 aromatic heterocycles. The van der Waals surface area contributed by atoms with Gasteiger partial charge in [0.25, 0.3) is 0 Å². The molecule has 0 fully saturated rings. The number of fused-ring (bicyclic) bond motifs is 1. The molecule has 0 radical (unpaired) electrons. The Morgan fingerprint density at radius 1 is 1.50 bits per heavy atom. The zero-order valence-corrected chi connectivity index (χ0v) is 11.7. The normalized spacial score (nSPS) is 18.9. The van der Waals surface area contributed by atoms with Gasteiger partial charge in [-0.05, 0) is 50.1 Å². The molecule has 0 aliphatic heterocycles. The SMILES string of the molecule is Cc1n[nH]c(C)c1CNC1CCCc2sccc21. The fraction of sp³-hybridized carbons (Fsp3) is 0.500. The number of aromatic amines is 1. The monoisotopic (exact) mass is 261 g/mol. The standard InChI is InChI=1S/C14H19N3S/c1-9-12(10(2)17-16-9)8-15-13-4-3-5-14-11(13)6-7-18-14/h6-7,13,15H,3-5,8H2,1-2H3,(H,16,17). The Balaban J connectivity index is 1.72. The molecule has 0 saturated heterocycles. The first-order valence-corrected chi connectivity index (χ1v) is 7.43. The first-order valence-electron chi connectivity index (χ1n) is 6.56. The summed E-state index contributed by atoms with van der Waals surface area (Å²) < 4.78 is 0. The van der Waals surface area contributed by atoms with Gasteiger partial charge in [-0.2, -0.15) is 5.10 Å². The van der Waals surface area contributed by atoms with Crippen LogP contribution < -0.4 is 5.32 Å². The molecule has 2 aromatic rings. The third kappa shape index (κ3) is 2.10. The summed E-state index contributed by atoms with van der Waals surface area (Å²) in [5.41, 5.74) is 5.13. The van der Waals surface area contributed by atoms with Crippen LogP contribution in [0.1, 0.15) is 46.3 Å². The Kier molecular flexibility index (Phi) is 3.22. The van der Waals surface area contributed by atoms with Crippen molar-refractivity contribution in [2.75, 3.05) is 0 Å². The number of aryl methyl sites for hydroxylation is 3. The lowest BCUT2D eigenvalue weighted by atomic mass is 9.94. The summed E-state index contributed by atoms with van der Waals surface area (Å²) >= 11 is 1.90. The second kappa shape index (κ2) is 4.86. The minimum atomic E-state index is 0.522. The average Bonchev–Trinajstić information content (AvgIpc) is 2.95. The first-order chi connectivity index (χ1) is 8.75. The van der Waals surface area contributed by atoms with Gasteiger partial charge in [-0.1, -0.05) is 0 Å². The molecule has 3 rings (SSSR count). The fourth-order valence-electron chi connectivity index (χ4n) is 2.76. The van der Waals surface area contributed by atoms with E-state index < -0.39 is 0 Å². The maximum Gasteiger partial charge on any atom is 0.0638 e. The van der Waals surface area contributed by atoms with Crippen molar-refractivity contribution in [1.29, 1.82) is 0 Å². The fourth-order valence-corrected chi connectivity index (χ4v) is 3.75. The summed E-state index contributed by atoms with van der Waals surface area (Å²) in [5.74, 6) is 0. The second-order valence-corrected chi connectivity index (χ2v) is 6.04. The van der Waals surface area contributed by atoms with Crippen LogP contribution in [-0.4, -0.2) is 10.2 Å². The second-order valence-electron chi connectivity index (χ2n) is 5.04. The predicted molar refractivity (Wildman–Crippen MR) is 74.9 cm³/mol. The van der Waals surface area contributed by atoms with Crippen LogP contribution in [0.3, 0.4) is 0 Å². The van der Waals surface area contributed by atoms with Crippen molar-refractivity contribution in [3.8, 4) is 0 Å². The van der Waals surface area contributed by atoms with Crippen LogP contribution in [0.2, 0.25) is 0 Å². The van der Waals surface area contributed by atoms with Gasteiger partial charge in [-0.15, -0.1) is 11.3 Å². The van der Waals surface area contributed by atoms with E-state index in [9.17, 15) is 0 Å². The quantitative estimate of drug-likeness (QED) is 0.890. The Bertz CT molecular complexity index is 521. The highest BCUT2D eigenvalue weighted by Crippen LogP contribution is 2.33. The summed E-state index contributed by atoms with van der Waals surface area (Å²) in [5, 5.41) is 13.2. The Labute approximate surface area is 112 Å². The highest BCUT2D eigenvalue weighted by atomic mass is 32.1. The van der Waals surface area contributed by atoms with Gasteiger partial charge >= 0.3 is 0 Å². The minimum absolute atomic E-state index is 0.522. The van der Waals surface area contributed by atoms with Crippen LogP contribution >= 0.6 is 11.3 Å². The Morgan fingerprint density at radius 3 is 3.17 bits per heavy atom. The number of nitrogens with zero attached hydrogens (tertiary/aromatic N) is 1. The van der Waals surface area contributed by atoms with Gasteiger partial charge in [0.15, 0.2) is 0 Å². The number of hydrogen-bond donors (Lipinski definition) is 2. The van der Waals surface area contributed by atoms with Crippen molar-refractivity contribution in [1.82, 2.24) is 15.5 Å². The molecule has 1 unspecified atom stereocenters. The van der Waals surface area contributed by atoms with Crippen LogP contribution in [0.25, 0.3) is 0 Å². The summed E-state index contributed by atoms with van der Waals surface area (Å²) in [6.07, 6.45) is 3.81. The molecule has 0 spiro atoms. The lowest BCUT2D eigenvalue weighted by molar-refractivity contribution is 0.462. The zero-order chi connectivity index (χ0) is 12.5. The minimum Gasteiger partial charge on any atom is -0.306 e. The van der Waals surface area contributed by atoms with Gasteiger partial charge in [0, 0.05) is 28.7 Å². The van der Waals surface area contributed by atoms with Gasteiger partial charge in [-0.25, -0.2) is 0 Å². The van der Waals surface area contributed by atoms with Gasteiger partial charge in [0.1, 0.15) is 0 Å². The summed E-state index contributed by atoms with van der Waals surface area (Å²) in [4.78, 5) is 1.57. The van der Waals surface area contributed by atoms with E-state index in [-0.39, 0.29) is 0 Å². The maximum atomic E-state index is 4.25. The average molecular weight is 261 g/mol. The Morgan fingerprint density at radius 2 is 2.39 bits per heavy atom. The van der Waals surface area contributed by atoms with Gasteiger partial charge in [-0.3, -0.25) is 5.10 Å². The zero-order valence-electron chi connectivity index (χ0n) is 10.9. The third-order valence-corrected chi connectivity index (χ3v) is 4.85. The molecule has 96 valence electrons. The number of thiophene rings is 1. The highest BCUT2D eigenvalue weighted by Gasteiger charge is 2.21. The van der Waals surface area contributed by atoms with Crippen molar-refractivity contribution in [3.05, 3.63) is 38.8 Å². The van der Waals surface area contributed by atoms with E-state index >= 15 is 0 Å². The van der Waals surface area contributed by atoms with E-state index in [1.54, 1.807) is 4.88 Å². The van der Waals surface area contributed by atoms with Crippen LogP contribution in [0.15, 0.2) is 11.4 Å². The lowest BCUT2D eigenvalue weighted by Crippen LogP contribution is -2.24. The first kappa shape index (κ1) is 11.9. The smallest absolute Gasteiger partial charge is 0.0638 e. The van der Waals surface area contributed by atoms with Crippen LogP contribution in [-0.2, 0) is 13.0 Å². The molecule has 0 amide bonds. The van der Waals surface area contributed by atoms with Gasteiger partial charge in [0.05, 0.1) is 5.69 Å². The molecule has 1 aliphatic carbocycles. The molecular weight excluding hydrogens is 242 g/mol. The predicted octanol–water partition coefficient (Wildman–Crippen LogP) is 3.26. The number of nitrogens with one attached hydrogen (secondary N) is 2. The highest BCUT2D eigenvalue weighted by molar-refractivity contribution is 7.10. The van der Waals surface area contributed by atoms with E-state index in [0.29, 0.717) is 6.04 Å². The van der Waals surface area contributed by atoms with Crippen molar-refractivity contribution < 1.29 is 0 Å². The molecule has 4 heteroatoms. The lowest BCUT2D eigenvalue weighted by Gasteiger charge is -2.23. The van der Waals surface area contributed by atoms with E-state index in [1.807, 2.05) is 11.3 Å². The molecule has 2 N–H and O–H groups in total. The maximum absolute atomic E-state index is 4.25. The van der Waals surface area contributed by atoms with Crippen LogP contribution in [0, 0.1) is 13.8 Å². The van der Waals surface area contributed by atoms with Gasteiger partial charge in [0.2, 0.25) is 0 Å². The van der Waals surface area contributed by atoms with Crippen LogP contribution in [0.5, 0.6) is 0 Å². The van der Waals surface area contributed by atoms with Crippen LogP contribution in [0.4, 0.5) is 0 Å². The van der Waals surface area contributed by atoms with E-state index in [0.717, 1.165) is 12.2 Å². The molecule has 0 aromatic carbocycles. The number of H-pyrrole nitrogens is 1. The van der Waals surface area contributed by atoms with Crippen molar-refractivity contribution in [2.24, 2.45) is 0 Å². The van der Waals surface area contributed by atoms with Crippen molar-refractivity contribution >= 4 is 11.3 Å². The molecule has 2 heterocycles. The van der Waals surface area contributed by atoms with E-state index in [4.69, 9.17) is 0 Å². The summed E-state index contributed by atoms with van der Waals surface area (Å²) in [6.45, 7) is 5.07. The molecule has 0 saturated carbocycles. The molecule has 1 aliphatic rings. The number of hydrogen-bond acceptors (Lipinski definition) is 3. The van der Waals surface area contributed by atoms with Crippen molar-refractivity contribution in [3.63, 3.8) is 0 Å². The molecular formula is C14H19N3S. The van der Waals surface area contributed by atoms with Crippen molar-refractivity contribution in [2.45, 2.75) is 45.7 Å². The number of aromatic nitrogens is 2. The molecule has 0 bridgehead atoms. The number of rotatable bonds is 3. The van der Waals surface area contributed by atoms with E-state index in [1.165, 1.54) is 36.1 Å². The van der Waals surface area contributed by atoms with Gasteiger partial charge < -0.3 is 5.32 Å². The molecule has 3 nitrogen and oxygen atoms in total. The third-order valence-electron chi connectivity index (χ3n) is 3.86. The van der Waals surface area contributed by atoms with E-state index in [2.05, 4.69) is 40.8 Å². The molecule has 1 atom stereocenters.